The van der Waals surface area contributed by atoms with Crippen molar-refractivity contribution in [1.29, 1.82) is 5.26 Å². The largest absolute Gasteiger partial charge is 0.467 e. The Bertz CT molecular complexity index is 835. The van der Waals surface area contributed by atoms with Crippen molar-refractivity contribution in [2.75, 3.05) is 0 Å². The van der Waals surface area contributed by atoms with Crippen LogP contribution in [0.2, 0.25) is 0 Å². The van der Waals surface area contributed by atoms with Crippen LogP contribution in [0.15, 0.2) is 52.7 Å². The molecule has 0 aliphatic carbocycles. The number of nitrogens with zero attached hydrogens (tertiary/aromatic N) is 1. The lowest BCUT2D eigenvalue weighted by Gasteiger charge is -2.16. The van der Waals surface area contributed by atoms with Gasteiger partial charge in [0, 0.05) is 0 Å². The van der Waals surface area contributed by atoms with Gasteiger partial charge in [0.25, 0.3) is 5.91 Å². The van der Waals surface area contributed by atoms with Crippen LogP contribution in [0.25, 0.3) is 6.08 Å². The monoisotopic (exact) mass is 352 g/mol. The minimum absolute atomic E-state index is 0.0315. The van der Waals surface area contributed by atoms with Crippen LogP contribution in [-0.2, 0) is 16.1 Å². The van der Waals surface area contributed by atoms with Gasteiger partial charge >= 0.3 is 5.97 Å². The van der Waals surface area contributed by atoms with Crippen molar-refractivity contribution in [2.45, 2.75) is 27.3 Å². The number of furan rings is 1. The highest BCUT2D eigenvalue weighted by molar-refractivity contribution is 6.01. The first kappa shape index (κ1) is 19.0. The Kier molecular flexibility index (Phi) is 5.97. The van der Waals surface area contributed by atoms with Crippen molar-refractivity contribution >= 4 is 18.0 Å². The molecule has 1 heterocycles. The first-order chi connectivity index (χ1) is 12.3. The van der Waals surface area contributed by atoms with E-state index in [-0.39, 0.29) is 18.1 Å². The zero-order valence-electron chi connectivity index (χ0n) is 14.9. The molecule has 0 spiro atoms. The highest BCUT2D eigenvalue weighted by atomic mass is 16.5. The van der Waals surface area contributed by atoms with Gasteiger partial charge in [-0.2, -0.15) is 5.26 Å². The Balaban J connectivity index is 2.03. The Morgan fingerprint density at radius 2 is 1.92 bits per heavy atom. The maximum atomic E-state index is 12.1. The number of nitrogens with one attached hydrogen (secondary N) is 1. The fourth-order valence-corrected chi connectivity index (χ4v) is 1.88. The van der Waals surface area contributed by atoms with E-state index in [1.807, 2.05) is 6.07 Å². The van der Waals surface area contributed by atoms with Crippen LogP contribution in [0, 0.1) is 16.7 Å². The average Bonchev–Trinajstić information content (AvgIpc) is 3.11. The number of carbonyl (C=O) groups is 2. The quantitative estimate of drug-likeness (QED) is 0.385. The standard InChI is InChI=1S/C20H20N2O4/c1-20(2,3)19(24)26-16-8-6-14(7-9-16)11-15(12-21)18(23)22-13-17-5-4-10-25-17/h4-11H,13H2,1-3H3,(H,22,23)/b15-11+. The van der Waals surface area contributed by atoms with Gasteiger partial charge in [-0.05, 0) is 56.7 Å². The first-order valence-electron chi connectivity index (χ1n) is 8.04. The maximum Gasteiger partial charge on any atom is 0.316 e. The summed E-state index contributed by atoms with van der Waals surface area (Å²) in [5, 5.41) is 11.8. The minimum Gasteiger partial charge on any atom is -0.467 e. The van der Waals surface area contributed by atoms with Gasteiger partial charge in [0.15, 0.2) is 0 Å². The number of hydrogen-bond acceptors (Lipinski definition) is 5. The molecule has 1 aromatic carbocycles. The summed E-state index contributed by atoms with van der Waals surface area (Å²) in [5.41, 5.74) is 0.0137. The summed E-state index contributed by atoms with van der Waals surface area (Å²) in [6.45, 7) is 5.51. The van der Waals surface area contributed by atoms with Crippen LogP contribution in [0.1, 0.15) is 32.1 Å². The summed E-state index contributed by atoms with van der Waals surface area (Å²) < 4.78 is 10.4. The lowest BCUT2D eigenvalue weighted by atomic mass is 9.97. The van der Waals surface area contributed by atoms with E-state index in [1.165, 1.54) is 12.3 Å². The zero-order chi connectivity index (χ0) is 19.2. The second-order valence-corrected chi connectivity index (χ2v) is 6.64. The van der Waals surface area contributed by atoms with E-state index in [9.17, 15) is 14.9 Å². The summed E-state index contributed by atoms with van der Waals surface area (Å²) >= 11 is 0. The molecule has 26 heavy (non-hydrogen) atoms. The molecule has 1 amide bonds. The molecule has 0 radical (unpaired) electrons. The molecular weight excluding hydrogens is 332 g/mol. The molecule has 0 aliphatic heterocycles. The zero-order valence-corrected chi connectivity index (χ0v) is 14.9. The van der Waals surface area contributed by atoms with Gasteiger partial charge in [-0.1, -0.05) is 12.1 Å². The number of carbonyl (C=O) groups excluding carboxylic acids is 2. The molecular formula is C20H20N2O4. The van der Waals surface area contributed by atoms with Gasteiger partial charge in [-0.3, -0.25) is 9.59 Å². The number of amides is 1. The van der Waals surface area contributed by atoms with E-state index >= 15 is 0 Å². The molecule has 0 bridgehead atoms. The predicted octanol–water partition coefficient (Wildman–Crippen LogP) is 3.45. The predicted molar refractivity (Wildman–Crippen MR) is 95.7 cm³/mol. The smallest absolute Gasteiger partial charge is 0.316 e. The van der Waals surface area contributed by atoms with E-state index < -0.39 is 11.3 Å². The van der Waals surface area contributed by atoms with Crippen molar-refractivity contribution in [1.82, 2.24) is 5.32 Å². The molecule has 1 aromatic heterocycles. The van der Waals surface area contributed by atoms with Gasteiger partial charge in [0.2, 0.25) is 0 Å². The molecule has 0 unspecified atom stereocenters. The third-order valence-electron chi connectivity index (χ3n) is 3.38. The fraction of sp³-hybridized carbons (Fsp3) is 0.250. The Morgan fingerprint density at radius 3 is 2.46 bits per heavy atom. The summed E-state index contributed by atoms with van der Waals surface area (Å²) in [4.78, 5) is 23.9. The number of benzene rings is 1. The molecule has 0 saturated carbocycles. The lowest BCUT2D eigenvalue weighted by molar-refractivity contribution is -0.143. The second-order valence-electron chi connectivity index (χ2n) is 6.64. The molecule has 6 heteroatoms. The number of esters is 1. The molecule has 0 saturated heterocycles. The molecule has 2 aromatic rings. The highest BCUT2D eigenvalue weighted by Gasteiger charge is 2.23. The molecule has 2 rings (SSSR count). The Hall–Kier alpha value is -3.33. The third kappa shape index (κ3) is 5.35. The van der Waals surface area contributed by atoms with Crippen LogP contribution >= 0.6 is 0 Å². The van der Waals surface area contributed by atoms with Crippen LogP contribution in [0.5, 0.6) is 5.75 Å². The highest BCUT2D eigenvalue weighted by Crippen LogP contribution is 2.20. The number of nitriles is 1. The second kappa shape index (κ2) is 8.17. The Labute approximate surface area is 152 Å². The Morgan fingerprint density at radius 1 is 1.23 bits per heavy atom. The average molecular weight is 352 g/mol. The van der Waals surface area contributed by atoms with Gasteiger partial charge in [-0.15, -0.1) is 0 Å². The summed E-state index contributed by atoms with van der Waals surface area (Å²) in [6.07, 6.45) is 2.98. The van der Waals surface area contributed by atoms with E-state index in [1.54, 1.807) is 57.2 Å². The van der Waals surface area contributed by atoms with E-state index in [0.717, 1.165) is 0 Å². The van der Waals surface area contributed by atoms with E-state index in [2.05, 4.69) is 5.32 Å². The number of rotatable bonds is 5. The van der Waals surface area contributed by atoms with E-state index in [0.29, 0.717) is 17.1 Å². The van der Waals surface area contributed by atoms with Crippen molar-refractivity contribution < 1.29 is 18.7 Å². The summed E-state index contributed by atoms with van der Waals surface area (Å²) in [5.74, 6) is 0.173. The lowest BCUT2D eigenvalue weighted by Crippen LogP contribution is -2.25. The van der Waals surface area contributed by atoms with Gasteiger partial charge in [0.05, 0.1) is 18.2 Å². The van der Waals surface area contributed by atoms with Crippen molar-refractivity contribution in [3.8, 4) is 11.8 Å². The van der Waals surface area contributed by atoms with Crippen LogP contribution in [0.4, 0.5) is 0 Å². The molecule has 0 atom stereocenters. The summed E-state index contributed by atoms with van der Waals surface area (Å²) in [6, 6.07) is 11.9. The molecule has 0 fully saturated rings. The SMILES string of the molecule is CC(C)(C)C(=O)Oc1ccc(/C=C(\C#N)C(=O)NCc2ccco2)cc1. The fourth-order valence-electron chi connectivity index (χ4n) is 1.88. The number of ether oxygens (including phenoxy) is 1. The molecule has 6 nitrogen and oxygen atoms in total. The summed E-state index contributed by atoms with van der Waals surface area (Å²) in [7, 11) is 0. The molecule has 134 valence electrons. The van der Waals surface area contributed by atoms with Crippen molar-refractivity contribution in [2.24, 2.45) is 5.41 Å². The van der Waals surface area contributed by atoms with Crippen LogP contribution in [-0.4, -0.2) is 11.9 Å². The van der Waals surface area contributed by atoms with Gasteiger partial charge in [-0.25, -0.2) is 0 Å². The topological polar surface area (TPSA) is 92.3 Å². The third-order valence-corrected chi connectivity index (χ3v) is 3.38. The minimum atomic E-state index is -0.599. The maximum absolute atomic E-state index is 12.1. The van der Waals surface area contributed by atoms with E-state index in [4.69, 9.17) is 9.15 Å². The van der Waals surface area contributed by atoms with Crippen LogP contribution < -0.4 is 10.1 Å². The first-order valence-corrected chi connectivity index (χ1v) is 8.04. The van der Waals surface area contributed by atoms with Crippen molar-refractivity contribution in [3.63, 3.8) is 0 Å². The number of hydrogen-bond donors (Lipinski definition) is 1. The van der Waals surface area contributed by atoms with Crippen molar-refractivity contribution in [3.05, 3.63) is 59.6 Å². The van der Waals surface area contributed by atoms with Gasteiger partial charge < -0.3 is 14.5 Å². The van der Waals surface area contributed by atoms with Crippen LogP contribution in [0.3, 0.4) is 0 Å². The molecule has 0 aliphatic rings. The van der Waals surface area contributed by atoms with Gasteiger partial charge in [0.1, 0.15) is 23.2 Å². The molecule has 1 N–H and O–H groups in total. The normalized spacial score (nSPS) is 11.5.